The van der Waals surface area contributed by atoms with Gasteiger partial charge in [-0.25, -0.2) is 9.37 Å². The molecule has 0 saturated carbocycles. The van der Waals surface area contributed by atoms with Gasteiger partial charge in [-0.3, -0.25) is 14.9 Å². The largest absolute Gasteiger partial charge is 0.484 e. The van der Waals surface area contributed by atoms with E-state index in [9.17, 15) is 4.79 Å². The van der Waals surface area contributed by atoms with E-state index in [1.54, 1.807) is 12.1 Å². The molecule has 0 spiro atoms. The van der Waals surface area contributed by atoms with Gasteiger partial charge in [0.2, 0.25) is 5.88 Å². The lowest BCUT2D eigenvalue weighted by Crippen LogP contribution is -2.15. The molecule has 31 heavy (non-hydrogen) atoms. The molecular formula is C21H17ClFN5O3. The maximum Gasteiger partial charge on any atom is 0.260 e. The molecule has 0 aliphatic rings. The first-order valence-corrected chi connectivity index (χ1v) is 9.57. The minimum Gasteiger partial charge on any atom is -0.484 e. The number of amides is 1. The summed E-state index contributed by atoms with van der Waals surface area (Å²) in [5.41, 5.74) is 1.92. The Bertz CT molecular complexity index is 1280. The number of ether oxygens (including phenoxy) is 2. The summed E-state index contributed by atoms with van der Waals surface area (Å²) in [5, 5.41) is 9.77. The van der Waals surface area contributed by atoms with Crippen LogP contribution >= 0.6 is 11.6 Å². The van der Waals surface area contributed by atoms with Crippen molar-refractivity contribution < 1.29 is 18.7 Å². The monoisotopic (exact) mass is 441 g/mol. The highest BCUT2D eigenvalue weighted by Gasteiger charge is 2.21. The molecule has 0 aliphatic carbocycles. The van der Waals surface area contributed by atoms with Crippen LogP contribution in [0.1, 0.15) is 21.7 Å². The second kappa shape index (κ2) is 8.57. The van der Waals surface area contributed by atoms with Gasteiger partial charge in [0.25, 0.3) is 5.91 Å². The Morgan fingerprint density at radius 1 is 1.29 bits per heavy atom. The lowest BCUT2D eigenvalue weighted by Gasteiger charge is -2.12. The van der Waals surface area contributed by atoms with E-state index >= 15 is 4.39 Å². The maximum absolute atomic E-state index is 15.0. The maximum atomic E-state index is 15.0. The van der Waals surface area contributed by atoms with E-state index in [-0.39, 0.29) is 22.9 Å². The minimum atomic E-state index is -0.868. The van der Waals surface area contributed by atoms with Gasteiger partial charge in [0.15, 0.2) is 17.2 Å². The predicted molar refractivity (Wildman–Crippen MR) is 113 cm³/mol. The molecule has 0 bridgehead atoms. The van der Waals surface area contributed by atoms with Crippen LogP contribution in [0, 0.1) is 12.7 Å². The predicted octanol–water partition coefficient (Wildman–Crippen LogP) is 4.29. The summed E-state index contributed by atoms with van der Waals surface area (Å²) >= 11 is 6.11. The summed E-state index contributed by atoms with van der Waals surface area (Å²) < 4.78 is 25.7. The molecule has 3 heterocycles. The second-order valence-corrected chi connectivity index (χ2v) is 7.01. The van der Waals surface area contributed by atoms with Crippen LogP contribution in [-0.4, -0.2) is 33.2 Å². The number of nitrogens with zero attached hydrogens (tertiary/aromatic N) is 3. The summed E-state index contributed by atoms with van der Waals surface area (Å²) in [5.74, 6) is -1.40. The smallest absolute Gasteiger partial charge is 0.260 e. The third-order valence-electron chi connectivity index (χ3n) is 4.44. The highest BCUT2D eigenvalue weighted by molar-refractivity contribution is 6.34. The molecule has 0 fully saturated rings. The van der Waals surface area contributed by atoms with Gasteiger partial charge in [-0.1, -0.05) is 17.7 Å². The van der Waals surface area contributed by atoms with Gasteiger partial charge in [0, 0.05) is 5.69 Å². The highest BCUT2D eigenvalue weighted by Crippen LogP contribution is 2.29. The third kappa shape index (κ3) is 4.26. The summed E-state index contributed by atoms with van der Waals surface area (Å²) in [6.45, 7) is 1.89. The second-order valence-electron chi connectivity index (χ2n) is 6.60. The van der Waals surface area contributed by atoms with E-state index in [1.807, 2.05) is 19.1 Å². The first kappa shape index (κ1) is 20.5. The lowest BCUT2D eigenvalue weighted by atomic mass is 10.1. The summed E-state index contributed by atoms with van der Waals surface area (Å²) in [6, 6.07) is 9.82. The number of halogens is 2. The van der Waals surface area contributed by atoms with Gasteiger partial charge in [-0.2, -0.15) is 0 Å². The van der Waals surface area contributed by atoms with Crippen LogP contribution in [0.2, 0.25) is 5.02 Å². The van der Waals surface area contributed by atoms with E-state index in [0.717, 1.165) is 5.69 Å². The molecule has 4 aromatic rings. The van der Waals surface area contributed by atoms with E-state index < -0.39 is 11.7 Å². The Hall–Kier alpha value is -3.72. The molecule has 1 amide bonds. The Kier molecular flexibility index (Phi) is 5.68. The van der Waals surface area contributed by atoms with Gasteiger partial charge in [0.05, 0.1) is 40.7 Å². The molecule has 0 saturated heterocycles. The summed E-state index contributed by atoms with van der Waals surface area (Å²) in [7, 11) is 1.47. The van der Waals surface area contributed by atoms with Crippen molar-refractivity contribution in [2.45, 2.75) is 13.5 Å². The SMILES string of the molecule is COc1n[nH]c2ncc(NC(=O)c3c(Cl)ccc(OCc4cccc(C)n4)c3F)cc12. The first-order valence-electron chi connectivity index (χ1n) is 9.19. The molecule has 0 atom stereocenters. The van der Waals surface area contributed by atoms with Crippen molar-refractivity contribution in [3.8, 4) is 11.6 Å². The summed E-state index contributed by atoms with van der Waals surface area (Å²) in [6.07, 6.45) is 1.41. The number of rotatable bonds is 6. The number of benzene rings is 1. The zero-order valence-corrected chi connectivity index (χ0v) is 17.3. The van der Waals surface area contributed by atoms with Crippen LogP contribution in [0.5, 0.6) is 11.6 Å². The number of pyridine rings is 2. The van der Waals surface area contributed by atoms with Crippen LogP contribution in [0.25, 0.3) is 11.0 Å². The lowest BCUT2D eigenvalue weighted by molar-refractivity contribution is 0.102. The number of fused-ring (bicyclic) bond motifs is 1. The Morgan fingerprint density at radius 2 is 2.13 bits per heavy atom. The molecule has 1 aromatic carbocycles. The van der Waals surface area contributed by atoms with Crippen molar-refractivity contribution >= 4 is 34.2 Å². The van der Waals surface area contributed by atoms with Crippen LogP contribution in [0.15, 0.2) is 42.6 Å². The van der Waals surface area contributed by atoms with Gasteiger partial charge >= 0.3 is 0 Å². The van der Waals surface area contributed by atoms with E-state index in [2.05, 4.69) is 25.5 Å². The van der Waals surface area contributed by atoms with E-state index in [1.165, 1.54) is 25.4 Å². The molecular weight excluding hydrogens is 425 g/mol. The number of methoxy groups -OCH3 is 1. The van der Waals surface area contributed by atoms with Crippen molar-refractivity contribution in [1.29, 1.82) is 0 Å². The number of H-pyrrole nitrogens is 1. The normalized spacial score (nSPS) is 10.8. The number of hydrogen-bond donors (Lipinski definition) is 2. The van der Waals surface area contributed by atoms with Gasteiger partial charge < -0.3 is 14.8 Å². The van der Waals surface area contributed by atoms with Gasteiger partial charge in [-0.15, -0.1) is 5.10 Å². The molecule has 0 unspecified atom stereocenters. The number of aryl methyl sites for hydroxylation is 1. The molecule has 4 rings (SSSR count). The average Bonchev–Trinajstić information content (AvgIpc) is 3.15. The first-order chi connectivity index (χ1) is 15.0. The van der Waals surface area contributed by atoms with Crippen LogP contribution in [0.4, 0.5) is 10.1 Å². The molecule has 8 nitrogen and oxygen atoms in total. The quantitative estimate of drug-likeness (QED) is 0.462. The minimum absolute atomic E-state index is 0.0438. The Balaban J connectivity index is 1.57. The summed E-state index contributed by atoms with van der Waals surface area (Å²) in [4.78, 5) is 21.2. The topological polar surface area (TPSA) is 102 Å². The Morgan fingerprint density at radius 3 is 2.90 bits per heavy atom. The molecule has 0 aliphatic heterocycles. The number of anilines is 1. The number of aromatic nitrogens is 4. The molecule has 2 N–H and O–H groups in total. The van der Waals surface area contributed by atoms with Crippen molar-refractivity contribution in [1.82, 2.24) is 20.2 Å². The zero-order valence-electron chi connectivity index (χ0n) is 16.6. The Labute approximate surface area is 181 Å². The van der Waals surface area contributed by atoms with Gasteiger partial charge in [0.1, 0.15) is 6.61 Å². The van der Waals surface area contributed by atoms with Crippen LogP contribution < -0.4 is 14.8 Å². The van der Waals surface area contributed by atoms with Crippen molar-refractivity contribution in [2.75, 3.05) is 12.4 Å². The zero-order chi connectivity index (χ0) is 22.0. The fourth-order valence-corrected chi connectivity index (χ4v) is 3.21. The number of carbonyl (C=O) groups is 1. The van der Waals surface area contributed by atoms with Gasteiger partial charge in [-0.05, 0) is 37.3 Å². The number of aromatic amines is 1. The van der Waals surface area contributed by atoms with Crippen molar-refractivity contribution in [3.05, 3.63) is 70.4 Å². The molecule has 158 valence electrons. The van der Waals surface area contributed by atoms with Crippen LogP contribution in [-0.2, 0) is 6.61 Å². The van der Waals surface area contributed by atoms with E-state index in [4.69, 9.17) is 21.1 Å². The highest BCUT2D eigenvalue weighted by atomic mass is 35.5. The number of nitrogens with one attached hydrogen (secondary N) is 2. The number of carbonyl (C=O) groups excluding carboxylic acids is 1. The van der Waals surface area contributed by atoms with E-state index in [0.29, 0.717) is 28.3 Å². The van der Waals surface area contributed by atoms with Crippen molar-refractivity contribution in [2.24, 2.45) is 0 Å². The average molecular weight is 442 g/mol. The fourth-order valence-electron chi connectivity index (χ4n) is 2.98. The third-order valence-corrected chi connectivity index (χ3v) is 4.75. The standard InChI is InChI=1S/C21H17ClFN5O3/c1-11-4-3-5-12(25-11)10-31-16-7-6-15(22)17(18(16)23)20(29)26-13-8-14-19(24-9-13)27-28-21(14)30-2/h3-9H,10H2,1-2H3,(H,26,29)(H,24,27,28). The van der Waals surface area contributed by atoms with Crippen LogP contribution in [0.3, 0.4) is 0 Å². The molecule has 3 aromatic heterocycles. The molecule has 0 radical (unpaired) electrons. The van der Waals surface area contributed by atoms with Crippen molar-refractivity contribution in [3.63, 3.8) is 0 Å². The molecule has 10 heteroatoms. The number of hydrogen-bond acceptors (Lipinski definition) is 6. The fraction of sp³-hybridized carbons (Fsp3) is 0.143.